The van der Waals surface area contributed by atoms with Crippen molar-refractivity contribution in [2.75, 3.05) is 19.4 Å². The van der Waals surface area contributed by atoms with Crippen LogP contribution in [0.3, 0.4) is 0 Å². The molecule has 0 bridgehead atoms. The second-order valence-corrected chi connectivity index (χ2v) is 10.6. The molecule has 12 heteroatoms. The summed E-state index contributed by atoms with van der Waals surface area (Å²) in [6, 6.07) is 2.92. The highest BCUT2D eigenvalue weighted by atomic mass is 32.2. The molecule has 188 valence electrons. The van der Waals surface area contributed by atoms with Crippen LogP contribution in [0.15, 0.2) is 41.9 Å². The molecule has 0 saturated heterocycles. The fourth-order valence-corrected chi connectivity index (χ4v) is 4.52. The molecule has 0 atom stereocenters. The number of carbonyl (C=O) groups is 1. The molecule has 3 aromatic rings. The molecular formula is C23H30FN7O3S. The number of halogens is 1. The monoisotopic (exact) mass is 503 g/mol. The number of urea groups is 1. The number of hydrogen-bond donors (Lipinski definition) is 2. The summed E-state index contributed by atoms with van der Waals surface area (Å²) >= 11 is 0. The van der Waals surface area contributed by atoms with E-state index < -0.39 is 21.9 Å². The molecule has 0 aliphatic heterocycles. The Balaban J connectivity index is 1.95. The standard InChI is InChI=1S/C23H30FN7O3S/c1-14(2)19-7-17(24)8-20(16-10-25-13-26-11-16)22(19)27-23(32)29-35(33,34)21-9-18(12-30(5)6)31(28-21)15(3)4/h7-11,13-15H,12H2,1-6H3,(H2,27,29,32). The van der Waals surface area contributed by atoms with Gasteiger partial charge in [0.05, 0.1) is 11.4 Å². The SMILES string of the molecule is CC(C)c1cc(F)cc(-c2cncnc2)c1NC(=O)NS(=O)(=O)c1cc(CN(C)C)n(C(C)C)n1. The lowest BCUT2D eigenvalue weighted by Gasteiger charge is -2.18. The number of benzene rings is 1. The van der Waals surface area contributed by atoms with Crippen molar-refractivity contribution in [3.05, 3.63) is 54.0 Å². The van der Waals surface area contributed by atoms with Gasteiger partial charge in [-0.1, -0.05) is 13.8 Å². The molecule has 0 saturated carbocycles. The number of aromatic nitrogens is 4. The first-order valence-corrected chi connectivity index (χ1v) is 12.5. The third kappa shape index (κ3) is 6.20. The first-order valence-electron chi connectivity index (χ1n) is 11.0. The molecule has 0 aliphatic carbocycles. The van der Waals surface area contributed by atoms with Crippen LogP contribution in [0.1, 0.15) is 50.9 Å². The number of rotatable bonds is 8. The lowest BCUT2D eigenvalue weighted by molar-refractivity contribution is 0.256. The first kappa shape index (κ1) is 26.2. The highest BCUT2D eigenvalue weighted by Gasteiger charge is 2.25. The second-order valence-electron chi connectivity index (χ2n) is 9.01. The molecule has 2 N–H and O–H groups in total. The third-order valence-corrected chi connectivity index (χ3v) is 6.33. The summed E-state index contributed by atoms with van der Waals surface area (Å²) in [5, 5.41) is 6.54. The summed E-state index contributed by atoms with van der Waals surface area (Å²) in [6.07, 6.45) is 4.30. The Labute approximate surface area is 204 Å². The van der Waals surface area contributed by atoms with Crippen molar-refractivity contribution in [1.29, 1.82) is 0 Å². The smallest absolute Gasteiger partial charge is 0.306 e. The van der Waals surface area contributed by atoms with E-state index in [1.54, 1.807) is 4.68 Å². The summed E-state index contributed by atoms with van der Waals surface area (Å²) in [7, 11) is -0.555. The van der Waals surface area contributed by atoms with E-state index >= 15 is 0 Å². The predicted molar refractivity (Wildman–Crippen MR) is 131 cm³/mol. The van der Waals surface area contributed by atoms with Gasteiger partial charge in [0.1, 0.15) is 12.1 Å². The van der Waals surface area contributed by atoms with Gasteiger partial charge in [0.2, 0.25) is 0 Å². The zero-order valence-corrected chi connectivity index (χ0v) is 21.4. The van der Waals surface area contributed by atoms with Crippen LogP contribution >= 0.6 is 0 Å². The molecule has 0 fully saturated rings. The Bertz CT molecular complexity index is 1310. The Hall–Kier alpha value is -3.38. The molecule has 0 unspecified atom stereocenters. The summed E-state index contributed by atoms with van der Waals surface area (Å²) in [5.41, 5.74) is 2.26. The average Bonchev–Trinajstić information content (AvgIpc) is 3.19. The zero-order valence-electron chi connectivity index (χ0n) is 20.6. The van der Waals surface area contributed by atoms with E-state index in [-0.39, 0.29) is 22.7 Å². The molecule has 1 aromatic carbocycles. The van der Waals surface area contributed by atoms with Crippen molar-refractivity contribution in [2.24, 2.45) is 0 Å². The zero-order chi connectivity index (χ0) is 25.9. The Morgan fingerprint density at radius 2 is 1.77 bits per heavy atom. The summed E-state index contributed by atoms with van der Waals surface area (Å²) in [6.45, 7) is 7.93. The molecule has 2 heterocycles. The number of carbonyl (C=O) groups excluding carboxylic acids is 1. The number of amides is 2. The fourth-order valence-electron chi connectivity index (χ4n) is 3.63. The molecule has 2 aromatic heterocycles. The molecule has 35 heavy (non-hydrogen) atoms. The van der Waals surface area contributed by atoms with Crippen LogP contribution < -0.4 is 10.0 Å². The number of nitrogens with one attached hydrogen (secondary N) is 2. The van der Waals surface area contributed by atoms with E-state index in [0.29, 0.717) is 28.9 Å². The van der Waals surface area contributed by atoms with Crippen molar-refractivity contribution < 1.29 is 17.6 Å². The molecule has 10 nitrogen and oxygen atoms in total. The minimum Gasteiger partial charge on any atom is -0.306 e. The maximum absolute atomic E-state index is 14.4. The van der Waals surface area contributed by atoms with Gasteiger partial charge >= 0.3 is 6.03 Å². The number of anilines is 1. The van der Waals surface area contributed by atoms with E-state index in [0.717, 1.165) is 0 Å². The maximum Gasteiger partial charge on any atom is 0.333 e. The van der Waals surface area contributed by atoms with Crippen LogP contribution in [0.2, 0.25) is 0 Å². The topological polar surface area (TPSA) is 122 Å². The molecule has 0 radical (unpaired) electrons. The van der Waals surface area contributed by atoms with E-state index in [9.17, 15) is 17.6 Å². The highest BCUT2D eigenvalue weighted by molar-refractivity contribution is 7.90. The van der Waals surface area contributed by atoms with Crippen LogP contribution in [0.25, 0.3) is 11.1 Å². The molecule has 0 aliphatic rings. The van der Waals surface area contributed by atoms with Crippen molar-refractivity contribution in [3.63, 3.8) is 0 Å². The van der Waals surface area contributed by atoms with Crippen molar-refractivity contribution in [3.8, 4) is 11.1 Å². The lowest BCUT2D eigenvalue weighted by Crippen LogP contribution is -2.35. The third-order valence-electron chi connectivity index (χ3n) is 5.13. The number of sulfonamides is 1. The molecule has 2 amide bonds. The van der Waals surface area contributed by atoms with Crippen LogP contribution in [0.5, 0.6) is 0 Å². The minimum atomic E-state index is -4.28. The van der Waals surface area contributed by atoms with E-state index in [1.807, 2.05) is 51.4 Å². The van der Waals surface area contributed by atoms with Gasteiger partial charge in [0.25, 0.3) is 10.0 Å². The maximum atomic E-state index is 14.4. The van der Waals surface area contributed by atoms with Crippen LogP contribution in [0.4, 0.5) is 14.9 Å². The summed E-state index contributed by atoms with van der Waals surface area (Å²) < 4.78 is 44.0. The normalized spacial score (nSPS) is 11.9. The molecule has 0 spiro atoms. The van der Waals surface area contributed by atoms with Crippen molar-refractivity contribution in [1.82, 2.24) is 29.4 Å². The van der Waals surface area contributed by atoms with E-state index in [4.69, 9.17) is 0 Å². The van der Waals surface area contributed by atoms with Gasteiger partial charge in [-0.05, 0) is 51.6 Å². The number of hydrogen-bond acceptors (Lipinski definition) is 7. The van der Waals surface area contributed by atoms with Gasteiger partial charge in [0.15, 0.2) is 5.03 Å². The van der Waals surface area contributed by atoms with Gasteiger partial charge in [-0.25, -0.2) is 23.9 Å². The fraction of sp³-hybridized carbons (Fsp3) is 0.391. The summed E-state index contributed by atoms with van der Waals surface area (Å²) in [5.74, 6) is -0.671. The van der Waals surface area contributed by atoms with Gasteiger partial charge < -0.3 is 10.2 Å². The molecular weight excluding hydrogens is 473 g/mol. The number of nitrogens with zero attached hydrogens (tertiary/aromatic N) is 5. The van der Waals surface area contributed by atoms with Gasteiger partial charge in [-0.15, -0.1) is 0 Å². The lowest BCUT2D eigenvalue weighted by atomic mass is 9.95. The van der Waals surface area contributed by atoms with E-state index in [1.165, 1.54) is 36.9 Å². The Kier molecular flexibility index (Phi) is 7.86. The minimum absolute atomic E-state index is 0.0776. The van der Waals surface area contributed by atoms with Gasteiger partial charge in [0, 0.05) is 42.2 Å². The predicted octanol–water partition coefficient (Wildman–Crippen LogP) is 3.76. The Morgan fingerprint density at radius 3 is 2.34 bits per heavy atom. The Morgan fingerprint density at radius 1 is 1.11 bits per heavy atom. The molecule has 3 rings (SSSR count). The van der Waals surface area contributed by atoms with Gasteiger partial charge in [-0.3, -0.25) is 4.68 Å². The first-order chi connectivity index (χ1) is 16.4. The van der Waals surface area contributed by atoms with Crippen LogP contribution in [-0.2, 0) is 16.6 Å². The van der Waals surface area contributed by atoms with Crippen molar-refractivity contribution >= 4 is 21.7 Å². The highest BCUT2D eigenvalue weighted by Crippen LogP contribution is 2.35. The van der Waals surface area contributed by atoms with Crippen LogP contribution in [-0.4, -0.2) is 53.2 Å². The largest absolute Gasteiger partial charge is 0.333 e. The second kappa shape index (κ2) is 10.5. The van der Waals surface area contributed by atoms with Crippen LogP contribution in [0, 0.1) is 5.82 Å². The summed E-state index contributed by atoms with van der Waals surface area (Å²) in [4.78, 5) is 22.7. The quantitative estimate of drug-likeness (QED) is 0.480. The average molecular weight is 504 g/mol. The van der Waals surface area contributed by atoms with Crippen molar-refractivity contribution in [2.45, 2.75) is 51.2 Å². The van der Waals surface area contributed by atoms with E-state index in [2.05, 4.69) is 20.4 Å². The van der Waals surface area contributed by atoms with Gasteiger partial charge in [-0.2, -0.15) is 13.5 Å².